The first-order valence-corrected chi connectivity index (χ1v) is 5.74. The Labute approximate surface area is 109 Å². The quantitative estimate of drug-likeness (QED) is 0.908. The lowest BCUT2D eigenvalue weighted by Crippen LogP contribution is -2.04. The fraction of sp³-hybridized carbons (Fsp3) is 0.250. The fourth-order valence-corrected chi connectivity index (χ4v) is 1.65. The Morgan fingerprint density at radius 1 is 1.44 bits per heavy atom. The van der Waals surface area contributed by atoms with Crippen LogP contribution in [0.15, 0.2) is 28.8 Å². The van der Waals surface area contributed by atoms with Gasteiger partial charge >= 0.3 is 0 Å². The largest absolute Gasteiger partial charge is 0.484 e. The van der Waals surface area contributed by atoms with Crippen LogP contribution in [0.5, 0.6) is 5.75 Å². The highest BCUT2D eigenvalue weighted by molar-refractivity contribution is 6.32. The van der Waals surface area contributed by atoms with Gasteiger partial charge in [0, 0.05) is 12.6 Å². The van der Waals surface area contributed by atoms with E-state index in [0.717, 1.165) is 5.69 Å². The maximum atomic E-state index is 12.8. The molecule has 2 aromatic rings. The molecule has 0 unspecified atom stereocenters. The maximum Gasteiger partial charge on any atom is 0.174 e. The van der Waals surface area contributed by atoms with Gasteiger partial charge in [-0.2, -0.15) is 0 Å². The van der Waals surface area contributed by atoms with Crippen LogP contribution in [0.4, 0.5) is 4.39 Å². The monoisotopic (exact) mass is 270 g/mol. The molecule has 0 amide bonds. The molecule has 1 heterocycles. The van der Waals surface area contributed by atoms with Crippen LogP contribution < -0.4 is 10.1 Å². The minimum absolute atomic E-state index is 0.196. The van der Waals surface area contributed by atoms with E-state index in [1.165, 1.54) is 18.2 Å². The van der Waals surface area contributed by atoms with Crippen molar-refractivity contribution in [1.82, 2.24) is 10.5 Å². The Kier molecular flexibility index (Phi) is 4.17. The van der Waals surface area contributed by atoms with Crippen LogP contribution in [0.3, 0.4) is 0 Å². The first-order chi connectivity index (χ1) is 8.69. The average molecular weight is 271 g/mol. The lowest BCUT2D eigenvalue weighted by molar-refractivity contribution is 0.248. The van der Waals surface area contributed by atoms with E-state index in [-0.39, 0.29) is 11.6 Å². The molecule has 0 fully saturated rings. The highest BCUT2D eigenvalue weighted by Crippen LogP contribution is 2.25. The number of nitrogens with zero attached hydrogens (tertiary/aromatic N) is 1. The van der Waals surface area contributed by atoms with E-state index >= 15 is 0 Å². The van der Waals surface area contributed by atoms with Crippen molar-refractivity contribution in [2.75, 3.05) is 7.05 Å². The molecule has 1 aromatic carbocycles. The van der Waals surface area contributed by atoms with Gasteiger partial charge in [-0.3, -0.25) is 0 Å². The van der Waals surface area contributed by atoms with Gasteiger partial charge in [0.25, 0.3) is 0 Å². The van der Waals surface area contributed by atoms with Gasteiger partial charge in [-0.05, 0) is 25.2 Å². The van der Waals surface area contributed by atoms with Crippen LogP contribution in [-0.2, 0) is 13.2 Å². The second-order valence-electron chi connectivity index (χ2n) is 3.68. The summed E-state index contributed by atoms with van der Waals surface area (Å²) in [6, 6.07) is 5.74. The summed E-state index contributed by atoms with van der Waals surface area (Å²) in [6.07, 6.45) is 0. The Morgan fingerprint density at radius 2 is 2.28 bits per heavy atom. The van der Waals surface area contributed by atoms with Crippen molar-refractivity contribution < 1.29 is 13.7 Å². The van der Waals surface area contributed by atoms with E-state index in [1.807, 2.05) is 7.05 Å². The van der Waals surface area contributed by atoms with Crippen molar-refractivity contribution >= 4 is 11.6 Å². The minimum atomic E-state index is -0.400. The maximum absolute atomic E-state index is 12.8. The van der Waals surface area contributed by atoms with E-state index in [4.69, 9.17) is 20.9 Å². The summed E-state index contributed by atoms with van der Waals surface area (Å²) >= 11 is 5.83. The molecule has 96 valence electrons. The van der Waals surface area contributed by atoms with Gasteiger partial charge in [0.05, 0.1) is 10.7 Å². The van der Waals surface area contributed by atoms with Crippen LogP contribution in [0.1, 0.15) is 11.5 Å². The van der Waals surface area contributed by atoms with Crippen molar-refractivity contribution in [3.05, 3.63) is 46.6 Å². The highest BCUT2D eigenvalue weighted by Gasteiger charge is 2.07. The molecule has 0 saturated heterocycles. The van der Waals surface area contributed by atoms with Crippen LogP contribution in [0.2, 0.25) is 5.02 Å². The van der Waals surface area contributed by atoms with Crippen molar-refractivity contribution in [3.8, 4) is 5.75 Å². The Hall–Kier alpha value is -1.59. The summed E-state index contributed by atoms with van der Waals surface area (Å²) in [7, 11) is 1.82. The zero-order chi connectivity index (χ0) is 13.0. The molecule has 1 N–H and O–H groups in total. The molecular weight excluding hydrogens is 259 g/mol. The smallest absolute Gasteiger partial charge is 0.174 e. The second kappa shape index (κ2) is 5.84. The first kappa shape index (κ1) is 12.9. The molecule has 0 aliphatic carbocycles. The van der Waals surface area contributed by atoms with Gasteiger partial charge in [-0.15, -0.1) is 0 Å². The molecule has 6 heteroatoms. The lowest BCUT2D eigenvalue weighted by Gasteiger charge is -2.05. The predicted octanol–water partition coefficient (Wildman–Crippen LogP) is 2.77. The van der Waals surface area contributed by atoms with Gasteiger partial charge in [0.15, 0.2) is 5.76 Å². The van der Waals surface area contributed by atoms with Crippen LogP contribution in [0, 0.1) is 5.82 Å². The van der Waals surface area contributed by atoms with Crippen molar-refractivity contribution in [2.24, 2.45) is 0 Å². The second-order valence-corrected chi connectivity index (χ2v) is 4.09. The van der Waals surface area contributed by atoms with Crippen LogP contribution in [-0.4, -0.2) is 12.2 Å². The molecule has 4 nitrogen and oxygen atoms in total. The van der Waals surface area contributed by atoms with E-state index < -0.39 is 5.82 Å². The van der Waals surface area contributed by atoms with Gasteiger partial charge < -0.3 is 14.6 Å². The third-order valence-corrected chi connectivity index (χ3v) is 2.52. The van der Waals surface area contributed by atoms with Gasteiger partial charge in [0.1, 0.15) is 18.2 Å². The first-order valence-electron chi connectivity index (χ1n) is 5.36. The number of nitrogens with one attached hydrogen (secondary N) is 1. The van der Waals surface area contributed by atoms with E-state index in [2.05, 4.69) is 10.5 Å². The third-order valence-electron chi connectivity index (χ3n) is 2.23. The van der Waals surface area contributed by atoms with E-state index in [1.54, 1.807) is 6.07 Å². The molecule has 0 aliphatic rings. The number of aromatic nitrogens is 1. The number of hydrogen-bond donors (Lipinski definition) is 1. The summed E-state index contributed by atoms with van der Waals surface area (Å²) in [4.78, 5) is 0. The predicted molar refractivity (Wildman–Crippen MR) is 65.0 cm³/mol. The third kappa shape index (κ3) is 3.21. The molecular formula is C12H12ClFN2O2. The average Bonchev–Trinajstić information content (AvgIpc) is 2.76. The van der Waals surface area contributed by atoms with Crippen LogP contribution >= 0.6 is 11.6 Å². The Balaban J connectivity index is 1.97. The SMILES string of the molecule is CNCc1cc(COc2ccc(F)cc2Cl)on1. The van der Waals surface area contributed by atoms with Gasteiger partial charge in [-0.1, -0.05) is 16.8 Å². The molecule has 0 radical (unpaired) electrons. The summed E-state index contributed by atoms with van der Waals surface area (Å²) in [5.41, 5.74) is 0.793. The molecule has 2 rings (SSSR count). The fourth-order valence-electron chi connectivity index (χ4n) is 1.43. The molecule has 0 aliphatic heterocycles. The van der Waals surface area contributed by atoms with Crippen molar-refractivity contribution in [2.45, 2.75) is 13.2 Å². The van der Waals surface area contributed by atoms with Crippen LogP contribution in [0.25, 0.3) is 0 Å². The van der Waals surface area contributed by atoms with Gasteiger partial charge in [-0.25, -0.2) is 4.39 Å². The molecule has 0 atom stereocenters. The normalized spacial score (nSPS) is 10.6. The number of halogens is 2. The van der Waals surface area contributed by atoms with Crippen molar-refractivity contribution in [1.29, 1.82) is 0 Å². The molecule has 18 heavy (non-hydrogen) atoms. The van der Waals surface area contributed by atoms with Crippen molar-refractivity contribution in [3.63, 3.8) is 0 Å². The minimum Gasteiger partial charge on any atom is -0.484 e. The summed E-state index contributed by atoms with van der Waals surface area (Å²) < 4.78 is 23.3. The summed E-state index contributed by atoms with van der Waals surface area (Å²) in [5, 5.41) is 7.03. The standard InChI is InChI=1S/C12H12ClFN2O2/c1-15-6-9-5-10(18-16-9)7-17-12-3-2-8(14)4-11(12)13/h2-5,15H,6-7H2,1H3. The molecule has 0 bridgehead atoms. The summed E-state index contributed by atoms with van der Waals surface area (Å²) in [5.74, 6) is 0.591. The number of benzene rings is 1. The topological polar surface area (TPSA) is 47.3 Å². The Morgan fingerprint density at radius 3 is 3.00 bits per heavy atom. The zero-order valence-corrected chi connectivity index (χ0v) is 10.5. The van der Waals surface area contributed by atoms with E-state index in [0.29, 0.717) is 18.1 Å². The number of hydrogen-bond acceptors (Lipinski definition) is 4. The zero-order valence-electron chi connectivity index (χ0n) is 9.74. The molecule has 1 aromatic heterocycles. The molecule has 0 spiro atoms. The van der Waals surface area contributed by atoms with E-state index in [9.17, 15) is 4.39 Å². The Bertz CT molecular complexity index is 531. The highest BCUT2D eigenvalue weighted by atomic mass is 35.5. The molecule has 0 saturated carbocycles. The lowest BCUT2D eigenvalue weighted by atomic mass is 10.3. The van der Waals surface area contributed by atoms with Gasteiger partial charge in [0.2, 0.25) is 0 Å². The number of rotatable bonds is 5. The summed E-state index contributed by atoms with van der Waals surface area (Å²) in [6.45, 7) is 0.822. The number of ether oxygens (including phenoxy) is 1.